The highest BCUT2D eigenvalue weighted by atomic mass is 79.9. The predicted molar refractivity (Wildman–Crippen MR) is 80.7 cm³/mol. The molecule has 1 aromatic carbocycles. The van der Waals surface area contributed by atoms with Gasteiger partial charge in [0.1, 0.15) is 0 Å². The Balaban J connectivity index is 1.75. The smallest absolute Gasteiger partial charge is 0.0701 e. The summed E-state index contributed by atoms with van der Waals surface area (Å²) in [4.78, 5) is 3.90. The zero-order valence-corrected chi connectivity index (χ0v) is 12.4. The average Bonchev–Trinajstić information content (AvgIpc) is 2.75. The summed E-state index contributed by atoms with van der Waals surface area (Å²) in [6, 6.07) is 10.6. The number of hydrogen-bond donors (Lipinski definition) is 1. The molecule has 0 saturated heterocycles. The predicted octanol–water partition coefficient (Wildman–Crippen LogP) is 3.65. The molecule has 3 rings (SSSR count). The van der Waals surface area contributed by atoms with E-state index in [9.17, 15) is 0 Å². The van der Waals surface area contributed by atoms with Gasteiger partial charge in [-0.05, 0) is 51.7 Å². The lowest BCUT2D eigenvalue weighted by Gasteiger charge is -2.29. The SMILES string of the molecule is Nc1cccc2c1CCN(Cc1ccc(Br)s1)C2. The van der Waals surface area contributed by atoms with Crippen LogP contribution in [0.25, 0.3) is 0 Å². The highest BCUT2D eigenvalue weighted by Crippen LogP contribution is 2.27. The molecule has 0 unspecified atom stereocenters. The Morgan fingerprint density at radius 2 is 2.17 bits per heavy atom. The van der Waals surface area contributed by atoms with E-state index in [4.69, 9.17) is 5.73 Å². The second-order valence-electron chi connectivity index (χ2n) is 4.65. The number of nitrogens with zero attached hydrogens (tertiary/aromatic N) is 1. The first-order valence-electron chi connectivity index (χ1n) is 6.05. The molecule has 0 aliphatic carbocycles. The average molecular weight is 323 g/mol. The van der Waals surface area contributed by atoms with E-state index in [1.165, 1.54) is 19.8 Å². The van der Waals surface area contributed by atoms with Crippen LogP contribution in [0.15, 0.2) is 34.1 Å². The van der Waals surface area contributed by atoms with Crippen molar-refractivity contribution in [2.75, 3.05) is 12.3 Å². The van der Waals surface area contributed by atoms with Crippen LogP contribution in [0.5, 0.6) is 0 Å². The lowest BCUT2D eigenvalue weighted by Crippen LogP contribution is -2.30. The number of halogens is 1. The van der Waals surface area contributed by atoms with Gasteiger partial charge < -0.3 is 5.73 Å². The van der Waals surface area contributed by atoms with E-state index in [1.54, 1.807) is 0 Å². The summed E-state index contributed by atoms with van der Waals surface area (Å²) < 4.78 is 1.21. The van der Waals surface area contributed by atoms with E-state index in [0.717, 1.165) is 31.7 Å². The maximum absolute atomic E-state index is 6.02. The normalized spacial score (nSPS) is 15.6. The molecule has 1 aliphatic heterocycles. The number of benzene rings is 1. The van der Waals surface area contributed by atoms with Gasteiger partial charge in [0.05, 0.1) is 3.79 Å². The van der Waals surface area contributed by atoms with E-state index in [1.807, 2.05) is 17.4 Å². The summed E-state index contributed by atoms with van der Waals surface area (Å²) in [5.41, 5.74) is 9.70. The van der Waals surface area contributed by atoms with Gasteiger partial charge in [-0.3, -0.25) is 4.90 Å². The minimum atomic E-state index is 0.950. The van der Waals surface area contributed by atoms with E-state index >= 15 is 0 Å². The second-order valence-corrected chi connectivity index (χ2v) is 7.20. The van der Waals surface area contributed by atoms with Crippen molar-refractivity contribution in [3.8, 4) is 0 Å². The number of thiophene rings is 1. The first-order valence-corrected chi connectivity index (χ1v) is 7.66. The molecule has 2 N–H and O–H groups in total. The Hall–Kier alpha value is -0.840. The minimum Gasteiger partial charge on any atom is -0.398 e. The Morgan fingerprint density at radius 3 is 2.94 bits per heavy atom. The fourth-order valence-electron chi connectivity index (χ4n) is 2.49. The molecule has 0 amide bonds. The number of rotatable bonds is 2. The second kappa shape index (κ2) is 5.03. The lowest BCUT2D eigenvalue weighted by molar-refractivity contribution is 0.248. The molecule has 0 atom stereocenters. The summed E-state index contributed by atoms with van der Waals surface area (Å²) in [7, 11) is 0. The van der Waals surface area contributed by atoms with Crippen molar-refractivity contribution < 1.29 is 0 Å². The molecule has 0 bridgehead atoms. The van der Waals surface area contributed by atoms with Gasteiger partial charge in [0.25, 0.3) is 0 Å². The van der Waals surface area contributed by atoms with Crippen LogP contribution in [0.2, 0.25) is 0 Å². The molecule has 4 heteroatoms. The molecule has 18 heavy (non-hydrogen) atoms. The quantitative estimate of drug-likeness (QED) is 0.855. The molecule has 2 heterocycles. The molecule has 0 fully saturated rings. The largest absolute Gasteiger partial charge is 0.398 e. The maximum Gasteiger partial charge on any atom is 0.0701 e. The van der Waals surface area contributed by atoms with Gasteiger partial charge in [-0.15, -0.1) is 11.3 Å². The van der Waals surface area contributed by atoms with Crippen LogP contribution in [0.4, 0.5) is 5.69 Å². The highest BCUT2D eigenvalue weighted by molar-refractivity contribution is 9.11. The van der Waals surface area contributed by atoms with Gasteiger partial charge in [-0.25, -0.2) is 0 Å². The molecule has 0 spiro atoms. The number of nitrogen functional groups attached to an aromatic ring is 1. The van der Waals surface area contributed by atoms with E-state index in [-0.39, 0.29) is 0 Å². The summed E-state index contributed by atoms with van der Waals surface area (Å²) in [6.07, 6.45) is 1.06. The van der Waals surface area contributed by atoms with Gasteiger partial charge in [0, 0.05) is 30.2 Å². The zero-order chi connectivity index (χ0) is 12.5. The Morgan fingerprint density at radius 1 is 1.28 bits per heavy atom. The molecule has 1 aromatic heterocycles. The first-order chi connectivity index (χ1) is 8.72. The van der Waals surface area contributed by atoms with Gasteiger partial charge in [-0.2, -0.15) is 0 Å². The molecule has 2 aromatic rings. The molecular weight excluding hydrogens is 308 g/mol. The summed E-state index contributed by atoms with van der Waals surface area (Å²) in [6.45, 7) is 3.14. The molecule has 0 saturated carbocycles. The van der Waals surface area contributed by atoms with Crippen molar-refractivity contribution in [2.45, 2.75) is 19.5 Å². The van der Waals surface area contributed by atoms with Crippen LogP contribution in [-0.4, -0.2) is 11.4 Å². The third-order valence-electron chi connectivity index (χ3n) is 3.39. The molecular formula is C14H15BrN2S. The Kier molecular flexibility index (Phi) is 3.41. The summed E-state index contributed by atoms with van der Waals surface area (Å²) in [5.74, 6) is 0. The van der Waals surface area contributed by atoms with E-state index in [2.05, 4.69) is 45.1 Å². The summed E-state index contributed by atoms with van der Waals surface area (Å²) >= 11 is 5.33. The topological polar surface area (TPSA) is 29.3 Å². The van der Waals surface area contributed by atoms with Gasteiger partial charge in [0.15, 0.2) is 0 Å². The highest BCUT2D eigenvalue weighted by Gasteiger charge is 2.18. The Bertz CT molecular complexity index is 565. The van der Waals surface area contributed by atoms with Crippen molar-refractivity contribution in [3.63, 3.8) is 0 Å². The summed E-state index contributed by atoms with van der Waals surface area (Å²) in [5, 5.41) is 0. The fraction of sp³-hybridized carbons (Fsp3) is 0.286. The molecule has 2 nitrogen and oxygen atoms in total. The molecule has 94 valence electrons. The van der Waals surface area contributed by atoms with E-state index < -0.39 is 0 Å². The van der Waals surface area contributed by atoms with Crippen molar-refractivity contribution in [1.29, 1.82) is 0 Å². The van der Waals surface area contributed by atoms with Gasteiger partial charge in [-0.1, -0.05) is 12.1 Å². The zero-order valence-electron chi connectivity index (χ0n) is 10.0. The third-order valence-corrected chi connectivity index (χ3v) is 5.00. The van der Waals surface area contributed by atoms with E-state index in [0.29, 0.717) is 0 Å². The lowest BCUT2D eigenvalue weighted by atomic mass is 9.98. The van der Waals surface area contributed by atoms with Crippen LogP contribution in [0.1, 0.15) is 16.0 Å². The van der Waals surface area contributed by atoms with Gasteiger partial charge in [0.2, 0.25) is 0 Å². The Labute approximate surface area is 120 Å². The van der Waals surface area contributed by atoms with Crippen LogP contribution in [0.3, 0.4) is 0 Å². The van der Waals surface area contributed by atoms with Crippen molar-refractivity contribution in [2.24, 2.45) is 0 Å². The van der Waals surface area contributed by atoms with Crippen molar-refractivity contribution >= 4 is 33.0 Å². The standard InChI is InChI=1S/C14H15BrN2S/c15-14-5-4-11(18-14)9-17-7-6-12-10(8-17)2-1-3-13(12)16/h1-5H,6-9,16H2. The van der Waals surface area contributed by atoms with Crippen molar-refractivity contribution in [1.82, 2.24) is 4.90 Å². The minimum absolute atomic E-state index is 0.950. The third kappa shape index (κ3) is 2.46. The van der Waals surface area contributed by atoms with Crippen LogP contribution in [-0.2, 0) is 19.5 Å². The van der Waals surface area contributed by atoms with Crippen LogP contribution < -0.4 is 5.73 Å². The molecule has 1 aliphatic rings. The molecule has 0 radical (unpaired) electrons. The number of fused-ring (bicyclic) bond motifs is 1. The van der Waals surface area contributed by atoms with Crippen LogP contribution in [0, 0.1) is 0 Å². The number of anilines is 1. The maximum atomic E-state index is 6.02. The van der Waals surface area contributed by atoms with Gasteiger partial charge >= 0.3 is 0 Å². The monoisotopic (exact) mass is 322 g/mol. The van der Waals surface area contributed by atoms with Crippen LogP contribution >= 0.6 is 27.3 Å². The number of hydrogen-bond acceptors (Lipinski definition) is 3. The first kappa shape index (κ1) is 12.2. The fourth-order valence-corrected chi connectivity index (χ4v) is 4.02. The number of nitrogens with two attached hydrogens (primary N) is 1. The van der Waals surface area contributed by atoms with Crippen molar-refractivity contribution in [3.05, 3.63) is 50.1 Å².